The normalized spacial score (nSPS) is 12.6. The summed E-state index contributed by atoms with van der Waals surface area (Å²) in [5.74, 6) is -0.598. The number of nitrogens with two attached hydrogens (primary N) is 1. The Balaban J connectivity index is 2.84. The fourth-order valence-corrected chi connectivity index (χ4v) is 1.46. The molecule has 1 amide bonds. The molecule has 0 saturated carbocycles. The molecule has 0 spiro atoms. The van der Waals surface area contributed by atoms with Crippen LogP contribution in [0.1, 0.15) is 29.5 Å². The van der Waals surface area contributed by atoms with Gasteiger partial charge in [0.2, 0.25) is 0 Å². The second-order valence-electron chi connectivity index (χ2n) is 3.85. The van der Waals surface area contributed by atoms with Gasteiger partial charge in [-0.25, -0.2) is 4.68 Å². The summed E-state index contributed by atoms with van der Waals surface area (Å²) in [6.07, 6.45) is 0.634. The zero-order chi connectivity index (χ0) is 12.8. The summed E-state index contributed by atoms with van der Waals surface area (Å²) >= 11 is 0. The molecule has 0 saturated heterocycles. The van der Waals surface area contributed by atoms with Crippen LogP contribution in [0.4, 0.5) is 0 Å². The monoisotopic (exact) mass is 242 g/mol. The maximum absolute atomic E-state index is 11.2. The van der Waals surface area contributed by atoms with Crippen molar-refractivity contribution in [3.05, 3.63) is 11.4 Å². The predicted octanol–water partition coefficient (Wildman–Crippen LogP) is -0.663. The van der Waals surface area contributed by atoms with Gasteiger partial charge in [0.15, 0.2) is 5.69 Å². The van der Waals surface area contributed by atoms with E-state index in [1.165, 1.54) is 0 Å². The van der Waals surface area contributed by atoms with E-state index in [1.54, 1.807) is 18.7 Å². The number of carbonyl (C=O) groups is 1. The van der Waals surface area contributed by atoms with Crippen LogP contribution in [0.2, 0.25) is 0 Å². The van der Waals surface area contributed by atoms with Gasteiger partial charge in [-0.3, -0.25) is 4.79 Å². The molecule has 1 aromatic heterocycles. The minimum Gasteiger partial charge on any atom is -0.393 e. The lowest BCUT2D eigenvalue weighted by atomic mass is 10.2. The van der Waals surface area contributed by atoms with Gasteiger partial charge in [-0.1, -0.05) is 5.21 Å². The van der Waals surface area contributed by atoms with Crippen molar-refractivity contribution in [2.45, 2.75) is 32.4 Å². The first-order valence-electron chi connectivity index (χ1n) is 5.45. The third-order valence-electron chi connectivity index (χ3n) is 2.37. The summed E-state index contributed by atoms with van der Waals surface area (Å²) in [6, 6.07) is 0. The van der Waals surface area contributed by atoms with Crippen molar-refractivity contribution in [2.75, 3.05) is 13.7 Å². The summed E-state index contributed by atoms with van der Waals surface area (Å²) < 4.78 is 6.55. The Morgan fingerprint density at radius 3 is 2.88 bits per heavy atom. The van der Waals surface area contributed by atoms with Gasteiger partial charge in [-0.2, -0.15) is 0 Å². The van der Waals surface area contributed by atoms with Crippen molar-refractivity contribution in [3.8, 4) is 0 Å². The van der Waals surface area contributed by atoms with E-state index in [2.05, 4.69) is 10.3 Å². The number of aryl methyl sites for hydroxylation is 1. The van der Waals surface area contributed by atoms with Crippen molar-refractivity contribution in [1.29, 1.82) is 0 Å². The van der Waals surface area contributed by atoms with Gasteiger partial charge in [0.25, 0.3) is 5.91 Å². The van der Waals surface area contributed by atoms with Crippen LogP contribution in [0.15, 0.2) is 0 Å². The lowest BCUT2D eigenvalue weighted by Gasteiger charge is -2.08. The van der Waals surface area contributed by atoms with E-state index >= 15 is 0 Å². The Labute approximate surface area is 99.6 Å². The largest absolute Gasteiger partial charge is 0.393 e. The van der Waals surface area contributed by atoms with Crippen LogP contribution in [-0.4, -0.2) is 45.8 Å². The molecule has 17 heavy (non-hydrogen) atoms. The fraction of sp³-hybridized carbons (Fsp3) is 0.700. The van der Waals surface area contributed by atoms with E-state index < -0.39 is 12.0 Å². The van der Waals surface area contributed by atoms with Gasteiger partial charge < -0.3 is 15.6 Å². The van der Waals surface area contributed by atoms with Crippen LogP contribution in [0.25, 0.3) is 0 Å². The average Bonchev–Trinajstić information content (AvgIpc) is 2.66. The molecule has 7 heteroatoms. The molecule has 96 valence electrons. The van der Waals surface area contributed by atoms with Crippen LogP contribution in [0.5, 0.6) is 0 Å². The van der Waals surface area contributed by atoms with Gasteiger partial charge in [0.1, 0.15) is 0 Å². The third kappa shape index (κ3) is 3.79. The molecule has 0 aliphatic carbocycles. The predicted molar refractivity (Wildman–Crippen MR) is 60.4 cm³/mol. The topological polar surface area (TPSA) is 103 Å². The van der Waals surface area contributed by atoms with Crippen LogP contribution < -0.4 is 5.73 Å². The number of hydrogen-bond acceptors (Lipinski definition) is 5. The van der Waals surface area contributed by atoms with Gasteiger partial charge in [0, 0.05) is 20.1 Å². The Hall–Kier alpha value is -1.47. The van der Waals surface area contributed by atoms with Crippen molar-refractivity contribution < 1.29 is 14.6 Å². The first kappa shape index (κ1) is 13.6. The van der Waals surface area contributed by atoms with Crippen molar-refractivity contribution >= 4 is 5.91 Å². The second-order valence-corrected chi connectivity index (χ2v) is 3.85. The van der Waals surface area contributed by atoms with E-state index in [0.29, 0.717) is 31.7 Å². The number of rotatable bonds is 7. The summed E-state index contributed by atoms with van der Waals surface area (Å²) in [5.41, 5.74) is 6.04. The van der Waals surface area contributed by atoms with Crippen LogP contribution in [-0.2, 0) is 17.7 Å². The van der Waals surface area contributed by atoms with Gasteiger partial charge in [-0.15, -0.1) is 5.10 Å². The lowest BCUT2D eigenvalue weighted by Crippen LogP contribution is -2.17. The van der Waals surface area contributed by atoms with Crippen LogP contribution in [0.3, 0.4) is 0 Å². The molecule has 7 nitrogen and oxygen atoms in total. The van der Waals surface area contributed by atoms with E-state index in [0.717, 1.165) is 0 Å². The number of ether oxygens (including phenoxy) is 1. The fourth-order valence-electron chi connectivity index (χ4n) is 1.46. The summed E-state index contributed by atoms with van der Waals surface area (Å²) in [6.45, 7) is 2.65. The van der Waals surface area contributed by atoms with Crippen LogP contribution >= 0.6 is 0 Å². The first-order valence-corrected chi connectivity index (χ1v) is 5.45. The highest BCUT2D eigenvalue weighted by Gasteiger charge is 2.17. The number of hydrogen-bond donors (Lipinski definition) is 2. The first-order chi connectivity index (χ1) is 8.06. The van der Waals surface area contributed by atoms with E-state index in [1.807, 2.05) is 0 Å². The zero-order valence-electron chi connectivity index (χ0n) is 10.1. The molecule has 0 bridgehead atoms. The van der Waals surface area contributed by atoms with E-state index in [9.17, 15) is 9.90 Å². The third-order valence-corrected chi connectivity index (χ3v) is 2.37. The summed E-state index contributed by atoms with van der Waals surface area (Å²) in [5, 5.41) is 16.8. The number of carbonyl (C=O) groups excluding carboxylic acids is 1. The molecule has 1 atom stereocenters. The molecule has 3 N–H and O–H groups in total. The number of aliphatic hydroxyl groups excluding tert-OH is 1. The Morgan fingerprint density at radius 2 is 2.35 bits per heavy atom. The summed E-state index contributed by atoms with van der Waals surface area (Å²) in [4.78, 5) is 11.2. The zero-order valence-corrected chi connectivity index (χ0v) is 10.1. The molecule has 1 unspecified atom stereocenters. The number of aliphatic hydroxyl groups is 1. The number of primary amides is 1. The Bertz CT molecular complexity index is 376. The van der Waals surface area contributed by atoms with Crippen molar-refractivity contribution in [2.24, 2.45) is 5.73 Å². The standard InChI is InChI=1S/C10H18N4O3/c1-7(15)3-5-14-8(4-6-17-2)9(10(11)16)12-13-14/h7,15H,3-6H2,1-2H3,(H2,11,16). The highest BCUT2D eigenvalue weighted by atomic mass is 16.5. The molecular weight excluding hydrogens is 224 g/mol. The van der Waals surface area contributed by atoms with Gasteiger partial charge in [-0.05, 0) is 13.3 Å². The Morgan fingerprint density at radius 1 is 1.65 bits per heavy atom. The molecule has 0 radical (unpaired) electrons. The molecule has 1 heterocycles. The Kier molecular flexibility index (Phi) is 5.05. The van der Waals surface area contributed by atoms with Gasteiger partial charge in [0.05, 0.1) is 18.4 Å². The molecular formula is C10H18N4O3. The number of nitrogens with zero attached hydrogens (tertiary/aromatic N) is 3. The summed E-state index contributed by atoms with van der Waals surface area (Å²) in [7, 11) is 1.58. The quantitative estimate of drug-likeness (QED) is 0.660. The van der Waals surface area contributed by atoms with Crippen molar-refractivity contribution in [1.82, 2.24) is 15.0 Å². The molecule has 0 aliphatic rings. The van der Waals surface area contributed by atoms with Crippen LogP contribution in [0, 0.1) is 0 Å². The second kappa shape index (κ2) is 6.31. The SMILES string of the molecule is COCCc1c(C(N)=O)nnn1CCC(C)O. The maximum atomic E-state index is 11.2. The molecule has 1 aromatic rings. The molecule has 0 aromatic carbocycles. The van der Waals surface area contributed by atoms with Crippen molar-refractivity contribution in [3.63, 3.8) is 0 Å². The van der Waals surface area contributed by atoms with Gasteiger partial charge >= 0.3 is 0 Å². The van der Waals surface area contributed by atoms with E-state index in [4.69, 9.17) is 10.5 Å². The number of aromatic nitrogens is 3. The lowest BCUT2D eigenvalue weighted by molar-refractivity contribution is 0.0994. The minimum absolute atomic E-state index is 0.174. The highest BCUT2D eigenvalue weighted by molar-refractivity contribution is 5.91. The smallest absolute Gasteiger partial charge is 0.271 e. The molecule has 0 aliphatic heterocycles. The highest BCUT2D eigenvalue weighted by Crippen LogP contribution is 2.08. The van der Waals surface area contributed by atoms with E-state index in [-0.39, 0.29) is 5.69 Å². The minimum atomic E-state index is -0.598. The molecule has 1 rings (SSSR count). The molecule has 0 fully saturated rings. The number of amides is 1. The average molecular weight is 242 g/mol. The number of methoxy groups -OCH3 is 1. The maximum Gasteiger partial charge on any atom is 0.271 e.